The molecule has 1 N–H and O–H groups in total. The maximum Gasteiger partial charge on any atom is 0.271 e. The molecule has 0 aliphatic rings. The molecule has 0 saturated heterocycles. The summed E-state index contributed by atoms with van der Waals surface area (Å²) in [5.41, 5.74) is 2.17. The van der Waals surface area contributed by atoms with Crippen molar-refractivity contribution in [1.29, 1.82) is 0 Å². The van der Waals surface area contributed by atoms with E-state index in [0.29, 0.717) is 13.1 Å². The lowest BCUT2D eigenvalue weighted by Crippen LogP contribution is -2.24. The summed E-state index contributed by atoms with van der Waals surface area (Å²) in [7, 11) is 0. The standard InChI is InChI=1S/C16H13Cl2N5O/c17-13-5-6-14(18)22-15(13)16(24)20-7-11-1-3-12(4-2-11)8-23-10-19-9-21-23/h1-6,9-10H,7-8H2,(H,20,24). The van der Waals surface area contributed by atoms with Crippen molar-refractivity contribution in [2.75, 3.05) is 0 Å². The first-order valence-corrected chi connectivity index (χ1v) is 7.88. The number of nitrogens with one attached hydrogen (secondary N) is 1. The Morgan fingerprint density at radius 2 is 1.83 bits per heavy atom. The number of aromatic nitrogens is 4. The normalized spacial score (nSPS) is 10.6. The van der Waals surface area contributed by atoms with Gasteiger partial charge in [0.15, 0.2) is 0 Å². The van der Waals surface area contributed by atoms with Gasteiger partial charge in [-0.15, -0.1) is 0 Å². The number of pyridine rings is 1. The minimum atomic E-state index is -0.366. The summed E-state index contributed by atoms with van der Waals surface area (Å²) in [6.45, 7) is 1.02. The first kappa shape index (κ1) is 16.4. The maximum atomic E-state index is 12.1. The van der Waals surface area contributed by atoms with Crippen LogP contribution in [-0.2, 0) is 13.1 Å². The third kappa shape index (κ3) is 4.10. The zero-order chi connectivity index (χ0) is 16.9. The number of hydrogen-bond donors (Lipinski definition) is 1. The first-order chi connectivity index (χ1) is 11.6. The molecule has 2 heterocycles. The molecule has 0 aliphatic heterocycles. The molecule has 0 bridgehead atoms. The fourth-order valence-electron chi connectivity index (χ4n) is 2.11. The lowest BCUT2D eigenvalue weighted by Gasteiger charge is -2.07. The summed E-state index contributed by atoms with van der Waals surface area (Å²) in [4.78, 5) is 20.0. The Balaban J connectivity index is 1.60. The number of benzene rings is 1. The topological polar surface area (TPSA) is 72.7 Å². The quantitative estimate of drug-likeness (QED) is 0.709. The summed E-state index contributed by atoms with van der Waals surface area (Å²) in [6, 6.07) is 10.9. The van der Waals surface area contributed by atoms with Crippen molar-refractivity contribution in [3.63, 3.8) is 0 Å². The van der Waals surface area contributed by atoms with Crippen molar-refractivity contribution in [1.82, 2.24) is 25.1 Å². The van der Waals surface area contributed by atoms with Crippen LogP contribution in [0.2, 0.25) is 10.2 Å². The number of carbonyl (C=O) groups excluding carboxylic acids is 1. The average molecular weight is 362 g/mol. The average Bonchev–Trinajstić information content (AvgIpc) is 3.09. The van der Waals surface area contributed by atoms with Crippen LogP contribution in [0.4, 0.5) is 0 Å². The highest BCUT2D eigenvalue weighted by molar-refractivity contribution is 6.34. The highest BCUT2D eigenvalue weighted by Gasteiger charge is 2.12. The second-order valence-electron chi connectivity index (χ2n) is 5.06. The number of rotatable bonds is 5. The zero-order valence-electron chi connectivity index (χ0n) is 12.5. The highest BCUT2D eigenvalue weighted by Crippen LogP contribution is 2.16. The summed E-state index contributed by atoms with van der Waals surface area (Å²) < 4.78 is 1.74. The predicted molar refractivity (Wildman–Crippen MR) is 91.0 cm³/mol. The van der Waals surface area contributed by atoms with E-state index < -0.39 is 0 Å². The van der Waals surface area contributed by atoms with Crippen LogP contribution in [0.1, 0.15) is 21.6 Å². The molecule has 1 amide bonds. The van der Waals surface area contributed by atoms with Crippen LogP contribution in [0.15, 0.2) is 49.1 Å². The smallest absolute Gasteiger partial charge is 0.271 e. The Hall–Kier alpha value is -2.44. The monoisotopic (exact) mass is 361 g/mol. The van der Waals surface area contributed by atoms with Crippen molar-refractivity contribution < 1.29 is 4.79 Å². The Morgan fingerprint density at radius 3 is 2.54 bits per heavy atom. The lowest BCUT2D eigenvalue weighted by atomic mass is 10.1. The van der Waals surface area contributed by atoms with E-state index in [4.69, 9.17) is 23.2 Å². The van der Waals surface area contributed by atoms with Gasteiger partial charge in [-0.2, -0.15) is 5.10 Å². The summed E-state index contributed by atoms with van der Waals surface area (Å²) in [5.74, 6) is -0.366. The van der Waals surface area contributed by atoms with Crippen molar-refractivity contribution in [2.45, 2.75) is 13.1 Å². The van der Waals surface area contributed by atoms with Crippen molar-refractivity contribution in [3.05, 3.63) is 76.0 Å². The molecule has 0 unspecified atom stereocenters. The van der Waals surface area contributed by atoms with Crippen LogP contribution in [-0.4, -0.2) is 25.7 Å². The Morgan fingerprint density at radius 1 is 1.08 bits per heavy atom. The number of nitrogens with zero attached hydrogens (tertiary/aromatic N) is 4. The maximum absolute atomic E-state index is 12.1. The molecule has 0 fully saturated rings. The zero-order valence-corrected chi connectivity index (χ0v) is 14.0. The number of amides is 1. The fourth-order valence-corrected chi connectivity index (χ4v) is 2.45. The van der Waals surface area contributed by atoms with E-state index in [0.717, 1.165) is 11.1 Å². The van der Waals surface area contributed by atoms with E-state index in [1.807, 2.05) is 24.3 Å². The molecule has 0 atom stereocenters. The molecule has 2 aromatic heterocycles. The number of halogens is 2. The molecular formula is C16H13Cl2N5O. The molecule has 0 saturated carbocycles. The first-order valence-electron chi connectivity index (χ1n) is 7.12. The number of hydrogen-bond acceptors (Lipinski definition) is 4. The van der Waals surface area contributed by atoms with Crippen LogP contribution in [0.3, 0.4) is 0 Å². The molecular weight excluding hydrogens is 349 g/mol. The molecule has 1 aromatic carbocycles. The third-order valence-corrected chi connectivity index (χ3v) is 3.83. The summed E-state index contributed by atoms with van der Waals surface area (Å²) in [6.07, 6.45) is 3.16. The van der Waals surface area contributed by atoms with Crippen molar-refractivity contribution in [2.24, 2.45) is 0 Å². The van der Waals surface area contributed by atoms with Crippen LogP contribution >= 0.6 is 23.2 Å². The van der Waals surface area contributed by atoms with Gasteiger partial charge in [0.1, 0.15) is 23.5 Å². The largest absolute Gasteiger partial charge is 0.347 e. The van der Waals surface area contributed by atoms with E-state index in [9.17, 15) is 4.79 Å². The van der Waals surface area contributed by atoms with Crippen LogP contribution < -0.4 is 5.32 Å². The molecule has 0 spiro atoms. The van der Waals surface area contributed by atoms with E-state index in [1.165, 1.54) is 12.4 Å². The van der Waals surface area contributed by atoms with E-state index in [2.05, 4.69) is 20.4 Å². The van der Waals surface area contributed by atoms with Gasteiger partial charge in [0.2, 0.25) is 0 Å². The molecule has 24 heavy (non-hydrogen) atoms. The molecule has 0 radical (unpaired) electrons. The fraction of sp³-hybridized carbons (Fsp3) is 0.125. The summed E-state index contributed by atoms with van der Waals surface area (Å²) >= 11 is 11.8. The van der Waals surface area contributed by atoms with E-state index in [-0.39, 0.29) is 21.8 Å². The van der Waals surface area contributed by atoms with Gasteiger partial charge in [0, 0.05) is 6.54 Å². The number of carbonyl (C=O) groups is 1. The molecule has 3 rings (SSSR count). The second-order valence-corrected chi connectivity index (χ2v) is 5.85. The predicted octanol–water partition coefficient (Wildman–Crippen LogP) is 2.96. The lowest BCUT2D eigenvalue weighted by molar-refractivity contribution is 0.0946. The minimum Gasteiger partial charge on any atom is -0.347 e. The van der Waals surface area contributed by atoms with Gasteiger partial charge >= 0.3 is 0 Å². The van der Waals surface area contributed by atoms with Crippen LogP contribution in [0.5, 0.6) is 0 Å². The minimum absolute atomic E-state index is 0.118. The van der Waals surface area contributed by atoms with Crippen LogP contribution in [0, 0.1) is 0 Å². The Bertz CT molecular complexity index is 834. The van der Waals surface area contributed by atoms with Gasteiger partial charge in [-0.05, 0) is 23.3 Å². The molecule has 0 aliphatic carbocycles. The third-order valence-electron chi connectivity index (χ3n) is 3.31. The van der Waals surface area contributed by atoms with E-state index in [1.54, 1.807) is 17.1 Å². The van der Waals surface area contributed by atoms with Gasteiger partial charge in [0.25, 0.3) is 5.91 Å². The van der Waals surface area contributed by atoms with Gasteiger partial charge in [0.05, 0.1) is 11.6 Å². The molecule has 6 nitrogen and oxygen atoms in total. The second kappa shape index (κ2) is 7.42. The Kier molecular flexibility index (Phi) is 5.08. The highest BCUT2D eigenvalue weighted by atomic mass is 35.5. The molecule has 8 heteroatoms. The van der Waals surface area contributed by atoms with Gasteiger partial charge in [-0.3, -0.25) is 4.79 Å². The van der Waals surface area contributed by atoms with Gasteiger partial charge < -0.3 is 5.32 Å². The Labute approximate surface area is 148 Å². The van der Waals surface area contributed by atoms with E-state index >= 15 is 0 Å². The van der Waals surface area contributed by atoms with Gasteiger partial charge in [-0.25, -0.2) is 14.6 Å². The van der Waals surface area contributed by atoms with Crippen LogP contribution in [0.25, 0.3) is 0 Å². The molecule has 3 aromatic rings. The summed E-state index contributed by atoms with van der Waals surface area (Å²) in [5, 5.41) is 7.33. The van der Waals surface area contributed by atoms with Gasteiger partial charge in [-0.1, -0.05) is 47.5 Å². The SMILES string of the molecule is O=C(NCc1ccc(Cn2cncn2)cc1)c1nc(Cl)ccc1Cl. The van der Waals surface area contributed by atoms with Crippen molar-refractivity contribution >= 4 is 29.1 Å². The van der Waals surface area contributed by atoms with Crippen molar-refractivity contribution in [3.8, 4) is 0 Å². The molecule has 122 valence electrons.